The number of nitrogens with one attached hydrogen (secondary N) is 1. The van der Waals surface area contributed by atoms with Crippen molar-refractivity contribution in [1.82, 2.24) is 0 Å². The Morgan fingerprint density at radius 1 is 1.18 bits per heavy atom. The molecule has 172 valence electrons. The zero-order chi connectivity index (χ0) is 24.7. The highest BCUT2D eigenvalue weighted by molar-refractivity contribution is 9.10. The quantitative estimate of drug-likeness (QED) is 0.158. The van der Waals surface area contributed by atoms with Crippen LogP contribution in [-0.2, 0) is 11.4 Å². The van der Waals surface area contributed by atoms with Crippen molar-refractivity contribution in [1.29, 1.82) is 5.26 Å². The Morgan fingerprint density at radius 3 is 2.53 bits per heavy atom. The standard InChI is InChI=1S/C24H17BrClN3O5/c1-33-23-11-16(4-9-22(23)34-14-15-2-5-18(25)6-3-15)10-17(13-27)24(30)28-21-8-7-19(29(31)32)12-20(21)26/h2-12H,14H2,1H3,(H,28,30)/b17-10-. The van der Waals surface area contributed by atoms with E-state index in [1.54, 1.807) is 18.2 Å². The summed E-state index contributed by atoms with van der Waals surface area (Å²) in [6.07, 6.45) is 1.38. The largest absolute Gasteiger partial charge is 0.493 e. The fourth-order valence-electron chi connectivity index (χ4n) is 2.86. The molecule has 0 aliphatic heterocycles. The van der Waals surface area contributed by atoms with Crippen molar-refractivity contribution in [3.05, 3.63) is 97.0 Å². The third-order valence-electron chi connectivity index (χ3n) is 4.58. The van der Waals surface area contributed by atoms with Crippen LogP contribution in [0.15, 0.2) is 70.7 Å². The third kappa shape index (κ3) is 6.34. The van der Waals surface area contributed by atoms with Crippen molar-refractivity contribution in [2.24, 2.45) is 0 Å². The van der Waals surface area contributed by atoms with E-state index in [0.717, 1.165) is 16.1 Å². The number of non-ortho nitro benzene ring substituents is 1. The minimum atomic E-state index is -0.715. The molecule has 0 radical (unpaired) electrons. The molecule has 0 fully saturated rings. The summed E-state index contributed by atoms with van der Waals surface area (Å²) in [5, 5.41) is 22.8. The summed E-state index contributed by atoms with van der Waals surface area (Å²) in [7, 11) is 1.49. The number of ether oxygens (including phenoxy) is 2. The Labute approximate surface area is 208 Å². The highest BCUT2D eigenvalue weighted by Gasteiger charge is 2.15. The number of hydrogen-bond acceptors (Lipinski definition) is 6. The van der Waals surface area contributed by atoms with Crippen LogP contribution in [-0.4, -0.2) is 17.9 Å². The molecule has 3 aromatic carbocycles. The summed E-state index contributed by atoms with van der Waals surface area (Å²) in [5.74, 6) is 0.220. The van der Waals surface area contributed by atoms with E-state index in [4.69, 9.17) is 21.1 Å². The fourth-order valence-corrected chi connectivity index (χ4v) is 3.35. The molecule has 1 amide bonds. The minimum absolute atomic E-state index is 0.0196. The first-order valence-electron chi connectivity index (χ1n) is 9.73. The molecule has 0 unspecified atom stereocenters. The number of methoxy groups -OCH3 is 1. The van der Waals surface area contributed by atoms with Crippen LogP contribution in [0, 0.1) is 21.4 Å². The molecule has 0 saturated carbocycles. The average Bonchev–Trinajstić information content (AvgIpc) is 2.83. The Kier molecular flexibility index (Phi) is 8.24. The molecule has 8 nitrogen and oxygen atoms in total. The molecular formula is C24H17BrClN3O5. The summed E-state index contributed by atoms with van der Waals surface area (Å²) in [4.78, 5) is 22.8. The van der Waals surface area contributed by atoms with Gasteiger partial charge >= 0.3 is 0 Å². The number of anilines is 1. The lowest BCUT2D eigenvalue weighted by Gasteiger charge is -2.12. The molecular weight excluding hydrogens is 526 g/mol. The number of carbonyl (C=O) groups excluding carboxylic acids is 1. The van der Waals surface area contributed by atoms with Gasteiger partial charge in [-0.2, -0.15) is 5.26 Å². The van der Waals surface area contributed by atoms with Crippen molar-refractivity contribution < 1.29 is 19.2 Å². The van der Waals surface area contributed by atoms with E-state index in [-0.39, 0.29) is 22.0 Å². The first kappa shape index (κ1) is 24.8. The SMILES string of the molecule is COc1cc(/C=C(/C#N)C(=O)Nc2ccc([N+](=O)[O-])cc2Cl)ccc1OCc1ccc(Br)cc1. The number of rotatable bonds is 8. The second-order valence-electron chi connectivity index (χ2n) is 6.87. The van der Waals surface area contributed by atoms with E-state index in [0.29, 0.717) is 23.7 Å². The van der Waals surface area contributed by atoms with Crippen molar-refractivity contribution in [3.8, 4) is 17.6 Å². The maximum atomic E-state index is 12.6. The molecule has 1 N–H and O–H groups in total. The molecule has 0 spiro atoms. The van der Waals surface area contributed by atoms with Gasteiger partial charge in [0.15, 0.2) is 11.5 Å². The van der Waals surface area contributed by atoms with Gasteiger partial charge in [-0.1, -0.05) is 45.7 Å². The van der Waals surface area contributed by atoms with Crippen LogP contribution in [0.4, 0.5) is 11.4 Å². The Morgan fingerprint density at radius 2 is 1.91 bits per heavy atom. The van der Waals surface area contributed by atoms with E-state index in [2.05, 4.69) is 21.2 Å². The van der Waals surface area contributed by atoms with E-state index in [9.17, 15) is 20.2 Å². The summed E-state index contributed by atoms with van der Waals surface area (Å²) >= 11 is 9.40. The van der Waals surface area contributed by atoms with Gasteiger partial charge in [-0.05, 0) is 47.5 Å². The van der Waals surface area contributed by atoms with Crippen LogP contribution in [0.3, 0.4) is 0 Å². The van der Waals surface area contributed by atoms with Crippen LogP contribution in [0.25, 0.3) is 6.08 Å². The Balaban J connectivity index is 1.75. The average molecular weight is 543 g/mol. The molecule has 0 heterocycles. The summed E-state index contributed by atoms with van der Waals surface area (Å²) in [6, 6.07) is 18.2. The van der Waals surface area contributed by atoms with Gasteiger partial charge < -0.3 is 14.8 Å². The fraction of sp³-hybridized carbons (Fsp3) is 0.0833. The van der Waals surface area contributed by atoms with Gasteiger partial charge in [-0.15, -0.1) is 0 Å². The minimum Gasteiger partial charge on any atom is -0.493 e. The van der Waals surface area contributed by atoms with Crippen molar-refractivity contribution in [2.75, 3.05) is 12.4 Å². The maximum absolute atomic E-state index is 12.6. The van der Waals surface area contributed by atoms with Crippen molar-refractivity contribution >= 4 is 50.9 Å². The first-order valence-corrected chi connectivity index (χ1v) is 10.9. The second kappa shape index (κ2) is 11.3. The van der Waals surface area contributed by atoms with E-state index in [1.165, 1.54) is 25.3 Å². The number of nitriles is 1. The topological polar surface area (TPSA) is 114 Å². The molecule has 34 heavy (non-hydrogen) atoms. The number of hydrogen-bond donors (Lipinski definition) is 1. The molecule has 3 aromatic rings. The zero-order valence-corrected chi connectivity index (χ0v) is 20.1. The summed E-state index contributed by atoms with van der Waals surface area (Å²) in [5.41, 5.74) is 1.25. The molecule has 3 rings (SSSR count). The monoisotopic (exact) mass is 541 g/mol. The number of nitro groups is 1. The second-order valence-corrected chi connectivity index (χ2v) is 8.19. The van der Waals surface area contributed by atoms with Crippen LogP contribution < -0.4 is 14.8 Å². The van der Waals surface area contributed by atoms with Crippen LogP contribution >= 0.6 is 27.5 Å². The molecule has 0 aliphatic rings. The Hall–Kier alpha value is -3.87. The van der Waals surface area contributed by atoms with Crippen LogP contribution in [0.5, 0.6) is 11.5 Å². The predicted molar refractivity (Wildman–Crippen MR) is 132 cm³/mol. The number of carbonyl (C=O) groups is 1. The molecule has 0 bridgehead atoms. The zero-order valence-electron chi connectivity index (χ0n) is 17.7. The number of nitro benzene ring substituents is 1. The smallest absolute Gasteiger partial charge is 0.271 e. The molecule has 0 saturated heterocycles. The summed E-state index contributed by atoms with van der Waals surface area (Å²) in [6.45, 7) is 0.334. The van der Waals surface area contributed by atoms with E-state index < -0.39 is 10.8 Å². The normalized spacial score (nSPS) is 10.8. The first-order chi connectivity index (χ1) is 16.3. The van der Waals surface area contributed by atoms with Gasteiger partial charge in [0, 0.05) is 16.6 Å². The molecule has 0 atom stereocenters. The van der Waals surface area contributed by atoms with Gasteiger partial charge in [0.1, 0.15) is 18.2 Å². The number of amides is 1. The van der Waals surface area contributed by atoms with Gasteiger partial charge in [0.2, 0.25) is 0 Å². The van der Waals surface area contributed by atoms with E-state index in [1.807, 2.05) is 30.3 Å². The number of halogens is 2. The van der Waals surface area contributed by atoms with Crippen LogP contribution in [0.2, 0.25) is 5.02 Å². The Bertz CT molecular complexity index is 1300. The predicted octanol–water partition coefficient (Wildman–Crippen LogP) is 6.14. The number of benzene rings is 3. The highest BCUT2D eigenvalue weighted by Crippen LogP contribution is 2.30. The third-order valence-corrected chi connectivity index (χ3v) is 5.42. The van der Waals surface area contributed by atoms with Gasteiger partial charge in [-0.25, -0.2) is 0 Å². The van der Waals surface area contributed by atoms with Gasteiger partial charge in [0.25, 0.3) is 11.6 Å². The van der Waals surface area contributed by atoms with Gasteiger partial charge in [-0.3, -0.25) is 14.9 Å². The molecule has 10 heteroatoms. The lowest BCUT2D eigenvalue weighted by molar-refractivity contribution is -0.384. The maximum Gasteiger partial charge on any atom is 0.271 e. The molecule has 0 aliphatic carbocycles. The number of nitrogens with zero attached hydrogens (tertiary/aromatic N) is 2. The van der Waals surface area contributed by atoms with Crippen molar-refractivity contribution in [3.63, 3.8) is 0 Å². The summed E-state index contributed by atoms with van der Waals surface area (Å²) < 4.78 is 12.2. The molecule has 0 aromatic heterocycles. The van der Waals surface area contributed by atoms with Crippen molar-refractivity contribution in [2.45, 2.75) is 6.61 Å². The van der Waals surface area contributed by atoms with E-state index >= 15 is 0 Å². The highest BCUT2D eigenvalue weighted by atomic mass is 79.9. The van der Waals surface area contributed by atoms with Gasteiger partial charge in [0.05, 0.1) is 22.7 Å². The van der Waals surface area contributed by atoms with Crippen LogP contribution in [0.1, 0.15) is 11.1 Å². The lowest BCUT2D eigenvalue weighted by Crippen LogP contribution is -2.13. The lowest BCUT2D eigenvalue weighted by atomic mass is 10.1.